The second-order valence-corrected chi connectivity index (χ2v) is 15.4. The molecule has 0 amide bonds. The summed E-state index contributed by atoms with van der Waals surface area (Å²) >= 11 is 0. The third-order valence-electron chi connectivity index (χ3n) is 10.7. The van der Waals surface area contributed by atoms with Gasteiger partial charge in [0.25, 0.3) is 0 Å². The van der Waals surface area contributed by atoms with Gasteiger partial charge in [0.15, 0.2) is 0 Å². The Kier molecular flexibility index (Phi) is 18.8. The largest absolute Gasteiger partial charge is 0.399 e. The van der Waals surface area contributed by atoms with Crippen molar-refractivity contribution in [2.75, 3.05) is 11.5 Å². The van der Waals surface area contributed by atoms with Crippen LogP contribution in [0.4, 0.5) is 11.4 Å². The first kappa shape index (κ1) is 40.3. The number of hydrogen-bond donors (Lipinski definition) is 2. The SMILES string of the molecule is CCCc1cc(Cc2ccc(CCCCCCCCCCCCCCCCCc3ccc(Cc4ccc(N)c(CCC)c4)cc3)cc2)ccc1N. The second-order valence-electron chi connectivity index (χ2n) is 15.4. The monoisotopic (exact) mass is 687 g/mol. The molecule has 0 aliphatic heterocycles. The maximum absolute atomic E-state index is 6.15. The van der Waals surface area contributed by atoms with Gasteiger partial charge < -0.3 is 11.5 Å². The van der Waals surface area contributed by atoms with Gasteiger partial charge in [-0.3, -0.25) is 0 Å². The molecule has 0 radical (unpaired) electrons. The van der Waals surface area contributed by atoms with Crippen LogP contribution in [0.1, 0.15) is 168 Å². The highest BCUT2D eigenvalue weighted by atomic mass is 14.6. The molecule has 2 nitrogen and oxygen atoms in total. The van der Waals surface area contributed by atoms with Crippen LogP contribution in [-0.2, 0) is 38.5 Å². The Morgan fingerprint density at radius 2 is 0.588 bits per heavy atom. The quantitative estimate of drug-likeness (QED) is 0.0510. The first-order chi connectivity index (χ1) is 25.0. The molecule has 0 aliphatic carbocycles. The molecule has 2 heteroatoms. The fourth-order valence-corrected chi connectivity index (χ4v) is 7.59. The number of benzene rings is 4. The van der Waals surface area contributed by atoms with Crippen molar-refractivity contribution >= 4 is 11.4 Å². The second kappa shape index (κ2) is 23.9. The Balaban J connectivity index is 0.916. The van der Waals surface area contributed by atoms with Crippen molar-refractivity contribution in [3.63, 3.8) is 0 Å². The van der Waals surface area contributed by atoms with Crippen LogP contribution < -0.4 is 11.5 Å². The summed E-state index contributed by atoms with van der Waals surface area (Å²) in [6.45, 7) is 4.43. The summed E-state index contributed by atoms with van der Waals surface area (Å²) in [6.07, 6.45) is 29.8. The molecule has 51 heavy (non-hydrogen) atoms. The van der Waals surface area contributed by atoms with E-state index in [-0.39, 0.29) is 0 Å². The number of anilines is 2. The van der Waals surface area contributed by atoms with E-state index in [4.69, 9.17) is 11.5 Å². The van der Waals surface area contributed by atoms with Crippen LogP contribution in [0, 0.1) is 0 Å². The van der Waals surface area contributed by atoms with Crippen LogP contribution in [0.3, 0.4) is 0 Å². The Morgan fingerprint density at radius 3 is 0.902 bits per heavy atom. The highest BCUT2D eigenvalue weighted by molar-refractivity contribution is 5.50. The summed E-state index contributed by atoms with van der Waals surface area (Å²) in [6, 6.07) is 31.8. The predicted molar refractivity (Wildman–Crippen MR) is 225 cm³/mol. The molecule has 0 spiro atoms. The van der Waals surface area contributed by atoms with E-state index in [1.54, 1.807) is 0 Å². The summed E-state index contributed by atoms with van der Waals surface area (Å²) in [5.74, 6) is 0. The molecule has 0 atom stereocenters. The van der Waals surface area contributed by atoms with Gasteiger partial charge in [-0.1, -0.05) is 183 Å². The van der Waals surface area contributed by atoms with Gasteiger partial charge >= 0.3 is 0 Å². The molecule has 4 N–H and O–H groups in total. The Labute approximate surface area is 312 Å². The zero-order valence-corrected chi connectivity index (χ0v) is 32.5. The van der Waals surface area contributed by atoms with E-state index in [2.05, 4.69) is 98.8 Å². The zero-order valence-electron chi connectivity index (χ0n) is 32.5. The smallest absolute Gasteiger partial charge is 0.0346 e. The number of nitrogen functional groups attached to an aromatic ring is 2. The molecular formula is C49H70N2. The molecule has 0 bridgehead atoms. The lowest BCUT2D eigenvalue weighted by Crippen LogP contribution is -1.97. The topological polar surface area (TPSA) is 52.0 Å². The number of hydrogen-bond acceptors (Lipinski definition) is 2. The summed E-state index contributed by atoms with van der Waals surface area (Å²) in [7, 11) is 0. The summed E-state index contributed by atoms with van der Waals surface area (Å²) < 4.78 is 0. The van der Waals surface area contributed by atoms with Crippen LogP contribution in [0.5, 0.6) is 0 Å². The predicted octanol–water partition coefficient (Wildman–Crippen LogP) is 13.6. The molecule has 276 valence electrons. The fourth-order valence-electron chi connectivity index (χ4n) is 7.59. The third kappa shape index (κ3) is 15.7. The van der Waals surface area contributed by atoms with Crippen LogP contribution in [-0.4, -0.2) is 0 Å². The van der Waals surface area contributed by atoms with Gasteiger partial charge in [-0.05, 0) is 108 Å². The van der Waals surface area contributed by atoms with Gasteiger partial charge in [0.2, 0.25) is 0 Å². The molecule has 0 heterocycles. The lowest BCUT2D eigenvalue weighted by Gasteiger charge is -2.09. The normalized spacial score (nSPS) is 11.3. The minimum Gasteiger partial charge on any atom is -0.399 e. The van der Waals surface area contributed by atoms with Crippen molar-refractivity contribution in [3.8, 4) is 0 Å². The number of nitrogens with two attached hydrogens (primary N) is 2. The van der Waals surface area contributed by atoms with Crippen LogP contribution in [0.15, 0.2) is 84.9 Å². The van der Waals surface area contributed by atoms with Crippen molar-refractivity contribution in [2.45, 2.75) is 162 Å². The van der Waals surface area contributed by atoms with Gasteiger partial charge in [0, 0.05) is 11.4 Å². The van der Waals surface area contributed by atoms with E-state index in [1.807, 2.05) is 0 Å². The molecule has 0 saturated heterocycles. The van der Waals surface area contributed by atoms with Gasteiger partial charge in [0.05, 0.1) is 0 Å². The minimum atomic E-state index is 0.931. The van der Waals surface area contributed by atoms with Crippen LogP contribution in [0.2, 0.25) is 0 Å². The molecule has 0 aromatic heterocycles. The van der Waals surface area contributed by atoms with Gasteiger partial charge in [-0.2, -0.15) is 0 Å². The first-order valence-electron chi connectivity index (χ1n) is 20.9. The van der Waals surface area contributed by atoms with E-state index in [1.165, 1.54) is 154 Å². The Bertz CT molecular complexity index is 1390. The van der Waals surface area contributed by atoms with Gasteiger partial charge in [-0.15, -0.1) is 0 Å². The van der Waals surface area contributed by atoms with Crippen molar-refractivity contribution < 1.29 is 0 Å². The van der Waals surface area contributed by atoms with Crippen molar-refractivity contribution in [1.29, 1.82) is 0 Å². The van der Waals surface area contributed by atoms with Crippen molar-refractivity contribution in [1.82, 2.24) is 0 Å². The summed E-state index contributed by atoms with van der Waals surface area (Å²) in [4.78, 5) is 0. The Morgan fingerprint density at radius 1 is 0.314 bits per heavy atom. The standard InChI is InChI=1S/C49H70N2/c1-3-20-46-38-44(32-34-48(46)50)36-42-28-24-40(25-29-42)22-18-16-14-12-10-8-6-5-7-9-11-13-15-17-19-23-41-26-30-43(31-27-41)37-45-33-35-49(51)47(39-45)21-4-2/h24-35,38-39H,3-23,36-37,50-51H2,1-2H3. The van der Waals surface area contributed by atoms with E-state index >= 15 is 0 Å². The highest BCUT2D eigenvalue weighted by Crippen LogP contribution is 2.22. The number of unbranched alkanes of at least 4 members (excludes halogenated alkanes) is 14. The Hall–Kier alpha value is -3.52. The number of aryl methyl sites for hydroxylation is 4. The van der Waals surface area contributed by atoms with Crippen LogP contribution >= 0.6 is 0 Å². The van der Waals surface area contributed by atoms with Gasteiger partial charge in [0.1, 0.15) is 0 Å². The molecule has 0 aliphatic rings. The minimum absolute atomic E-state index is 0.931. The highest BCUT2D eigenvalue weighted by Gasteiger charge is 2.05. The molecule has 4 aromatic carbocycles. The third-order valence-corrected chi connectivity index (χ3v) is 10.7. The van der Waals surface area contributed by atoms with E-state index in [9.17, 15) is 0 Å². The average molecular weight is 687 g/mol. The summed E-state index contributed by atoms with van der Waals surface area (Å²) in [5.41, 5.74) is 25.2. The lowest BCUT2D eigenvalue weighted by molar-refractivity contribution is 0.530. The zero-order chi connectivity index (χ0) is 35.9. The molecule has 4 rings (SSSR count). The molecule has 0 saturated carbocycles. The maximum atomic E-state index is 6.15. The van der Waals surface area contributed by atoms with E-state index in [0.717, 1.165) is 49.9 Å². The van der Waals surface area contributed by atoms with Crippen LogP contribution in [0.25, 0.3) is 0 Å². The maximum Gasteiger partial charge on any atom is 0.0346 e. The lowest BCUT2D eigenvalue weighted by atomic mass is 9.98. The number of rotatable bonds is 26. The molecular weight excluding hydrogens is 617 g/mol. The molecule has 0 unspecified atom stereocenters. The molecule has 0 fully saturated rings. The fraction of sp³-hybridized carbons (Fsp3) is 0.510. The molecule has 4 aromatic rings. The average Bonchev–Trinajstić information content (AvgIpc) is 3.14. The summed E-state index contributed by atoms with van der Waals surface area (Å²) in [5, 5.41) is 0. The van der Waals surface area contributed by atoms with E-state index in [0.29, 0.717) is 0 Å². The van der Waals surface area contributed by atoms with E-state index < -0.39 is 0 Å². The van der Waals surface area contributed by atoms with Gasteiger partial charge in [-0.25, -0.2) is 0 Å². The van der Waals surface area contributed by atoms with Crippen molar-refractivity contribution in [2.24, 2.45) is 0 Å². The van der Waals surface area contributed by atoms with Crippen molar-refractivity contribution in [3.05, 3.63) is 129 Å². The first-order valence-corrected chi connectivity index (χ1v) is 20.9.